The van der Waals surface area contributed by atoms with E-state index >= 15 is 0 Å². The van der Waals surface area contributed by atoms with Crippen molar-refractivity contribution in [1.82, 2.24) is 0 Å². The molecule has 2 N–H and O–H groups in total. The molecule has 1 saturated carbocycles. The highest BCUT2D eigenvalue weighted by Crippen LogP contribution is 2.58. The predicted molar refractivity (Wildman–Crippen MR) is 93.9 cm³/mol. The van der Waals surface area contributed by atoms with Crippen molar-refractivity contribution in [2.24, 2.45) is 17.3 Å². The molecule has 6 heteroatoms. The van der Waals surface area contributed by atoms with E-state index in [4.69, 9.17) is 9.47 Å². The second kappa shape index (κ2) is 5.92. The molecule has 7 atom stereocenters. The predicted octanol–water partition coefficient (Wildman–Crippen LogP) is 1.89. The van der Waals surface area contributed by atoms with Crippen LogP contribution in [0.2, 0.25) is 0 Å². The number of hydrogen-bond donors (Lipinski definition) is 2. The summed E-state index contributed by atoms with van der Waals surface area (Å²) in [6.07, 6.45) is 4.33. The number of aliphatic hydroxyl groups excluding tert-OH is 1. The van der Waals surface area contributed by atoms with Crippen molar-refractivity contribution in [3.63, 3.8) is 0 Å². The molecule has 0 bridgehead atoms. The van der Waals surface area contributed by atoms with E-state index in [0.717, 1.165) is 5.57 Å². The van der Waals surface area contributed by atoms with E-state index in [9.17, 15) is 19.8 Å². The summed E-state index contributed by atoms with van der Waals surface area (Å²) in [4.78, 5) is 24.8. The Morgan fingerprint density at radius 1 is 1.35 bits per heavy atom. The Hall–Kier alpha value is -1.66. The summed E-state index contributed by atoms with van der Waals surface area (Å²) in [7, 11) is 0. The summed E-state index contributed by atoms with van der Waals surface area (Å²) < 4.78 is 11.2. The van der Waals surface area contributed by atoms with E-state index < -0.39 is 46.7 Å². The Labute approximate surface area is 153 Å². The molecule has 7 unspecified atom stereocenters. The molecule has 1 saturated heterocycles. The number of fused-ring (bicyclic) bond motifs is 3. The molecular formula is C20H28O6. The van der Waals surface area contributed by atoms with Gasteiger partial charge >= 0.3 is 11.9 Å². The maximum absolute atomic E-state index is 12.7. The van der Waals surface area contributed by atoms with Crippen LogP contribution in [0.5, 0.6) is 0 Å². The van der Waals surface area contributed by atoms with E-state index in [-0.39, 0.29) is 5.92 Å². The fourth-order valence-electron chi connectivity index (χ4n) is 5.06. The van der Waals surface area contributed by atoms with Gasteiger partial charge in [0.15, 0.2) is 0 Å². The molecule has 6 nitrogen and oxygen atoms in total. The van der Waals surface area contributed by atoms with Crippen LogP contribution in [-0.2, 0) is 19.1 Å². The Balaban J connectivity index is 1.96. The topological polar surface area (TPSA) is 93.1 Å². The second-order valence-electron chi connectivity index (χ2n) is 8.78. The highest BCUT2D eigenvalue weighted by atomic mass is 16.6. The van der Waals surface area contributed by atoms with Gasteiger partial charge in [0.2, 0.25) is 5.60 Å². The van der Waals surface area contributed by atoms with Gasteiger partial charge in [-0.2, -0.15) is 0 Å². The van der Waals surface area contributed by atoms with Gasteiger partial charge < -0.3 is 19.7 Å². The number of esters is 2. The molecule has 0 amide bonds. The van der Waals surface area contributed by atoms with Crippen LogP contribution in [0.15, 0.2) is 23.8 Å². The van der Waals surface area contributed by atoms with E-state index in [0.29, 0.717) is 12.8 Å². The maximum Gasteiger partial charge on any atom is 0.351 e. The zero-order valence-corrected chi connectivity index (χ0v) is 16.0. The summed E-state index contributed by atoms with van der Waals surface area (Å²) in [5.41, 5.74) is -2.46. The monoisotopic (exact) mass is 364 g/mol. The summed E-state index contributed by atoms with van der Waals surface area (Å²) in [5.74, 6) is -2.02. The number of carbonyl (C=O) groups excluding carboxylic acids is 2. The highest BCUT2D eigenvalue weighted by molar-refractivity contribution is 5.89. The summed E-state index contributed by atoms with van der Waals surface area (Å²) in [6.45, 7) is 8.72. The molecule has 0 aromatic heterocycles. The van der Waals surface area contributed by atoms with Crippen LogP contribution in [0.3, 0.4) is 0 Å². The number of aliphatic hydroxyl groups is 2. The molecule has 0 aromatic rings. The van der Waals surface area contributed by atoms with Crippen LogP contribution in [0.1, 0.15) is 47.5 Å². The van der Waals surface area contributed by atoms with E-state index in [1.807, 2.05) is 6.92 Å². The average molecular weight is 364 g/mol. The van der Waals surface area contributed by atoms with Gasteiger partial charge in [0.1, 0.15) is 6.10 Å². The number of ether oxygens (including phenoxy) is 2. The van der Waals surface area contributed by atoms with Crippen molar-refractivity contribution in [1.29, 1.82) is 0 Å². The molecule has 26 heavy (non-hydrogen) atoms. The molecule has 2 fully saturated rings. The maximum atomic E-state index is 12.7. The van der Waals surface area contributed by atoms with Gasteiger partial charge in [0.05, 0.1) is 11.7 Å². The highest BCUT2D eigenvalue weighted by Gasteiger charge is 2.68. The first-order chi connectivity index (χ1) is 11.9. The summed E-state index contributed by atoms with van der Waals surface area (Å²) in [5, 5.41) is 21.5. The molecule has 0 radical (unpaired) electrons. The van der Waals surface area contributed by atoms with Crippen LogP contribution in [0, 0.1) is 17.3 Å². The van der Waals surface area contributed by atoms with Gasteiger partial charge in [-0.05, 0) is 40.5 Å². The van der Waals surface area contributed by atoms with Gasteiger partial charge in [0, 0.05) is 23.3 Å². The molecule has 0 aromatic carbocycles. The molecule has 3 rings (SSSR count). The van der Waals surface area contributed by atoms with Crippen molar-refractivity contribution in [3.8, 4) is 0 Å². The molecule has 0 spiro atoms. The standard InChI is InChI=1S/C20H28O6/c1-11(2)10-14(22)26-20(5)12-6-8-18(3)13(21)7-9-19(4,24)16(18)15(12)25-17(20)23/h7,9-10,12-13,15-16,21,24H,6,8H2,1-5H3. The van der Waals surface area contributed by atoms with E-state index in [1.165, 1.54) is 6.08 Å². The molecule has 1 heterocycles. The molecule has 1 aliphatic heterocycles. The minimum Gasteiger partial charge on any atom is -0.458 e. The Kier molecular flexibility index (Phi) is 4.36. The average Bonchev–Trinajstić information content (AvgIpc) is 2.73. The third-order valence-corrected chi connectivity index (χ3v) is 6.43. The van der Waals surface area contributed by atoms with Crippen LogP contribution in [-0.4, -0.2) is 45.6 Å². The van der Waals surface area contributed by atoms with Gasteiger partial charge in [0.25, 0.3) is 0 Å². The fourth-order valence-corrected chi connectivity index (χ4v) is 5.06. The van der Waals surface area contributed by atoms with E-state index in [1.54, 1.807) is 39.8 Å². The SMILES string of the molecule is CC(C)=CC(=O)OC1(C)C(=O)OC2C1CCC1(C)C(O)C=CC(C)(O)C21. The third kappa shape index (κ3) is 2.70. The molecule has 3 aliphatic rings. The van der Waals surface area contributed by atoms with Gasteiger partial charge in [-0.25, -0.2) is 9.59 Å². The first-order valence-electron chi connectivity index (χ1n) is 9.10. The lowest BCUT2D eigenvalue weighted by molar-refractivity contribution is -0.175. The lowest BCUT2D eigenvalue weighted by Crippen LogP contribution is -2.61. The summed E-state index contributed by atoms with van der Waals surface area (Å²) in [6, 6.07) is 0. The fraction of sp³-hybridized carbons (Fsp3) is 0.700. The van der Waals surface area contributed by atoms with Crippen molar-refractivity contribution < 1.29 is 29.3 Å². The third-order valence-electron chi connectivity index (χ3n) is 6.43. The first-order valence-corrected chi connectivity index (χ1v) is 9.10. The van der Waals surface area contributed by atoms with Crippen LogP contribution in [0.4, 0.5) is 0 Å². The lowest BCUT2D eigenvalue weighted by Gasteiger charge is -2.55. The van der Waals surface area contributed by atoms with Crippen LogP contribution >= 0.6 is 0 Å². The van der Waals surface area contributed by atoms with Gasteiger partial charge in [-0.3, -0.25) is 0 Å². The quantitative estimate of drug-likeness (QED) is 0.442. The second-order valence-corrected chi connectivity index (χ2v) is 8.78. The molecular weight excluding hydrogens is 336 g/mol. The summed E-state index contributed by atoms with van der Waals surface area (Å²) >= 11 is 0. The minimum absolute atomic E-state index is 0.368. The first kappa shape index (κ1) is 19.1. The zero-order valence-electron chi connectivity index (χ0n) is 16.0. The van der Waals surface area contributed by atoms with Crippen LogP contribution < -0.4 is 0 Å². The van der Waals surface area contributed by atoms with Crippen molar-refractivity contribution in [2.45, 2.75) is 70.9 Å². The van der Waals surface area contributed by atoms with Crippen molar-refractivity contribution >= 4 is 11.9 Å². The molecule has 2 aliphatic carbocycles. The van der Waals surface area contributed by atoms with Crippen molar-refractivity contribution in [3.05, 3.63) is 23.8 Å². The normalized spacial score (nSPS) is 46.8. The zero-order chi connectivity index (χ0) is 19.5. The largest absolute Gasteiger partial charge is 0.458 e. The van der Waals surface area contributed by atoms with Crippen molar-refractivity contribution in [2.75, 3.05) is 0 Å². The molecule has 144 valence electrons. The Morgan fingerprint density at radius 3 is 2.62 bits per heavy atom. The van der Waals surface area contributed by atoms with Gasteiger partial charge in [-0.1, -0.05) is 24.6 Å². The van der Waals surface area contributed by atoms with Gasteiger partial charge in [-0.15, -0.1) is 0 Å². The number of rotatable bonds is 2. The number of carbonyl (C=O) groups is 2. The van der Waals surface area contributed by atoms with E-state index in [2.05, 4.69) is 0 Å². The minimum atomic E-state index is -1.39. The smallest absolute Gasteiger partial charge is 0.351 e. The lowest BCUT2D eigenvalue weighted by atomic mass is 9.52. The van der Waals surface area contributed by atoms with Crippen LogP contribution in [0.25, 0.3) is 0 Å². The number of hydrogen-bond acceptors (Lipinski definition) is 6. The number of allylic oxidation sites excluding steroid dienone is 1. The Morgan fingerprint density at radius 2 is 2.00 bits per heavy atom. The Bertz CT molecular complexity index is 688.